The molecular formula is C19H17ClN2O3. The summed E-state index contributed by atoms with van der Waals surface area (Å²) in [5, 5.41) is 4.23. The second-order valence-electron chi connectivity index (χ2n) is 5.54. The van der Waals surface area contributed by atoms with Crippen LogP contribution in [-0.4, -0.2) is 24.0 Å². The standard InChI is InChI=1S/C19H17ClN2O3/c20-15-5-3-6-16(12-15)25-9-8-21-18(23)11-14-10-13-4-1-2-7-17(13)22-19(14)24/h1-7,10,12H,8-9,11H2,(H,21,23)(H,22,24). The maximum atomic E-state index is 12.0. The first kappa shape index (κ1) is 17.0. The average Bonchev–Trinajstić information content (AvgIpc) is 2.59. The number of pyridine rings is 1. The number of aromatic amines is 1. The van der Waals surface area contributed by atoms with E-state index >= 15 is 0 Å². The molecule has 0 saturated carbocycles. The summed E-state index contributed by atoms with van der Waals surface area (Å²) in [4.78, 5) is 26.9. The van der Waals surface area contributed by atoms with E-state index in [0.717, 1.165) is 10.9 Å². The van der Waals surface area contributed by atoms with E-state index in [9.17, 15) is 9.59 Å². The molecule has 25 heavy (non-hydrogen) atoms. The Bertz CT molecular complexity index is 953. The van der Waals surface area contributed by atoms with Gasteiger partial charge in [-0.1, -0.05) is 35.9 Å². The Morgan fingerprint density at radius 3 is 2.80 bits per heavy atom. The zero-order valence-electron chi connectivity index (χ0n) is 13.4. The molecule has 0 aliphatic heterocycles. The van der Waals surface area contributed by atoms with Gasteiger partial charge in [0.15, 0.2) is 0 Å². The van der Waals surface area contributed by atoms with Crippen LogP contribution >= 0.6 is 11.6 Å². The Kier molecular flexibility index (Phi) is 5.36. The normalized spacial score (nSPS) is 10.6. The Labute approximate surface area is 149 Å². The molecule has 1 heterocycles. The number of ether oxygens (including phenoxy) is 1. The summed E-state index contributed by atoms with van der Waals surface area (Å²) in [5.74, 6) is 0.420. The summed E-state index contributed by atoms with van der Waals surface area (Å²) in [7, 11) is 0. The van der Waals surface area contributed by atoms with E-state index in [4.69, 9.17) is 16.3 Å². The topological polar surface area (TPSA) is 71.2 Å². The van der Waals surface area contributed by atoms with Gasteiger partial charge in [0, 0.05) is 16.1 Å². The molecule has 0 spiro atoms. The number of aromatic nitrogens is 1. The smallest absolute Gasteiger partial charge is 0.252 e. The number of para-hydroxylation sites is 1. The first-order chi connectivity index (χ1) is 12.1. The molecule has 3 aromatic rings. The molecule has 0 aliphatic rings. The Morgan fingerprint density at radius 2 is 1.96 bits per heavy atom. The SMILES string of the molecule is O=C(Cc1cc2ccccc2[nH]c1=O)NCCOc1cccc(Cl)c1. The van der Waals surface area contributed by atoms with Crippen LogP contribution in [-0.2, 0) is 11.2 Å². The minimum absolute atomic E-state index is 0.0251. The van der Waals surface area contributed by atoms with E-state index in [1.807, 2.05) is 24.3 Å². The highest BCUT2D eigenvalue weighted by atomic mass is 35.5. The third kappa shape index (κ3) is 4.61. The fraction of sp³-hybridized carbons (Fsp3) is 0.158. The van der Waals surface area contributed by atoms with E-state index < -0.39 is 0 Å². The summed E-state index contributed by atoms with van der Waals surface area (Å²) in [6.07, 6.45) is 0.0251. The number of carbonyl (C=O) groups excluding carboxylic acids is 1. The number of hydrogen-bond acceptors (Lipinski definition) is 3. The van der Waals surface area contributed by atoms with Gasteiger partial charge in [-0.2, -0.15) is 0 Å². The zero-order chi connectivity index (χ0) is 17.6. The van der Waals surface area contributed by atoms with Gasteiger partial charge >= 0.3 is 0 Å². The number of fused-ring (bicyclic) bond motifs is 1. The van der Waals surface area contributed by atoms with Crippen molar-refractivity contribution >= 4 is 28.4 Å². The number of amides is 1. The number of hydrogen-bond donors (Lipinski definition) is 2. The van der Waals surface area contributed by atoms with Crippen molar-refractivity contribution in [1.82, 2.24) is 10.3 Å². The highest BCUT2D eigenvalue weighted by molar-refractivity contribution is 6.30. The van der Waals surface area contributed by atoms with Crippen LogP contribution in [0.5, 0.6) is 5.75 Å². The quantitative estimate of drug-likeness (QED) is 0.667. The second kappa shape index (κ2) is 7.85. The van der Waals surface area contributed by atoms with Crippen LogP contribution in [0.25, 0.3) is 10.9 Å². The Morgan fingerprint density at radius 1 is 1.12 bits per heavy atom. The summed E-state index contributed by atoms with van der Waals surface area (Å²) in [6.45, 7) is 0.664. The van der Waals surface area contributed by atoms with E-state index in [2.05, 4.69) is 10.3 Å². The van der Waals surface area contributed by atoms with E-state index in [-0.39, 0.29) is 17.9 Å². The molecule has 0 fully saturated rings. The molecule has 0 bridgehead atoms. The van der Waals surface area contributed by atoms with E-state index in [1.54, 1.807) is 30.3 Å². The molecule has 0 unspecified atom stereocenters. The molecule has 2 aromatic carbocycles. The van der Waals surface area contributed by atoms with Crippen molar-refractivity contribution in [3.8, 4) is 5.75 Å². The van der Waals surface area contributed by atoms with Gasteiger partial charge in [-0.15, -0.1) is 0 Å². The molecule has 1 amide bonds. The number of benzene rings is 2. The van der Waals surface area contributed by atoms with Crippen molar-refractivity contribution in [3.63, 3.8) is 0 Å². The van der Waals surface area contributed by atoms with Gasteiger partial charge in [-0.05, 0) is 35.7 Å². The third-order valence-electron chi connectivity index (χ3n) is 3.67. The monoisotopic (exact) mass is 356 g/mol. The molecule has 3 rings (SSSR count). The van der Waals surface area contributed by atoms with Gasteiger partial charge in [0.2, 0.25) is 5.91 Å². The van der Waals surface area contributed by atoms with Crippen molar-refractivity contribution in [1.29, 1.82) is 0 Å². The molecule has 2 N–H and O–H groups in total. The Balaban J connectivity index is 1.52. The fourth-order valence-corrected chi connectivity index (χ4v) is 2.66. The van der Waals surface area contributed by atoms with E-state index in [1.165, 1.54) is 0 Å². The number of carbonyl (C=O) groups is 1. The predicted octanol–water partition coefficient (Wildman–Crippen LogP) is 2.92. The second-order valence-corrected chi connectivity index (χ2v) is 5.98. The fourth-order valence-electron chi connectivity index (χ4n) is 2.48. The molecule has 6 heteroatoms. The molecule has 128 valence electrons. The molecule has 0 aliphatic carbocycles. The first-order valence-corrected chi connectivity index (χ1v) is 8.25. The minimum atomic E-state index is -0.246. The van der Waals surface area contributed by atoms with Crippen molar-refractivity contribution in [3.05, 3.63) is 75.5 Å². The van der Waals surface area contributed by atoms with Gasteiger partial charge in [0.25, 0.3) is 5.56 Å². The van der Waals surface area contributed by atoms with Crippen LogP contribution in [0.4, 0.5) is 0 Å². The molecule has 1 aromatic heterocycles. The van der Waals surface area contributed by atoms with Gasteiger partial charge in [0.05, 0.1) is 13.0 Å². The highest BCUT2D eigenvalue weighted by Crippen LogP contribution is 2.16. The maximum absolute atomic E-state index is 12.0. The Hall–Kier alpha value is -2.79. The summed E-state index contributed by atoms with van der Waals surface area (Å²) >= 11 is 5.87. The predicted molar refractivity (Wildman–Crippen MR) is 98.2 cm³/mol. The number of H-pyrrole nitrogens is 1. The minimum Gasteiger partial charge on any atom is -0.492 e. The molecule has 0 atom stereocenters. The molecular weight excluding hydrogens is 340 g/mol. The lowest BCUT2D eigenvalue weighted by Crippen LogP contribution is -2.31. The van der Waals surface area contributed by atoms with Crippen LogP contribution in [0.2, 0.25) is 5.02 Å². The number of nitrogens with one attached hydrogen (secondary N) is 2. The van der Waals surface area contributed by atoms with Gasteiger partial charge in [-0.25, -0.2) is 0 Å². The van der Waals surface area contributed by atoms with Gasteiger partial charge in [-0.3, -0.25) is 9.59 Å². The lowest BCUT2D eigenvalue weighted by Gasteiger charge is -2.08. The van der Waals surface area contributed by atoms with Crippen LogP contribution in [0, 0.1) is 0 Å². The van der Waals surface area contributed by atoms with Crippen molar-refractivity contribution in [2.75, 3.05) is 13.2 Å². The first-order valence-electron chi connectivity index (χ1n) is 7.88. The highest BCUT2D eigenvalue weighted by Gasteiger charge is 2.08. The largest absolute Gasteiger partial charge is 0.492 e. The summed E-state index contributed by atoms with van der Waals surface area (Å²) in [6, 6.07) is 16.3. The average molecular weight is 357 g/mol. The van der Waals surface area contributed by atoms with Gasteiger partial charge in [0.1, 0.15) is 12.4 Å². The van der Waals surface area contributed by atoms with E-state index in [0.29, 0.717) is 29.5 Å². The maximum Gasteiger partial charge on any atom is 0.252 e. The molecule has 5 nitrogen and oxygen atoms in total. The molecule has 0 saturated heterocycles. The van der Waals surface area contributed by atoms with Crippen molar-refractivity contribution < 1.29 is 9.53 Å². The van der Waals surface area contributed by atoms with Gasteiger partial charge < -0.3 is 15.0 Å². The zero-order valence-corrected chi connectivity index (χ0v) is 14.2. The van der Waals surface area contributed by atoms with Crippen molar-refractivity contribution in [2.24, 2.45) is 0 Å². The number of halogens is 1. The van der Waals surface area contributed by atoms with Crippen LogP contribution < -0.4 is 15.6 Å². The summed E-state index contributed by atoms with van der Waals surface area (Å²) in [5.41, 5.74) is 0.947. The lowest BCUT2D eigenvalue weighted by atomic mass is 10.1. The van der Waals surface area contributed by atoms with Crippen LogP contribution in [0.1, 0.15) is 5.56 Å². The lowest BCUT2D eigenvalue weighted by molar-refractivity contribution is -0.120. The molecule has 0 radical (unpaired) electrons. The third-order valence-corrected chi connectivity index (χ3v) is 3.91. The van der Waals surface area contributed by atoms with Crippen LogP contribution in [0.3, 0.4) is 0 Å². The number of rotatable bonds is 6. The van der Waals surface area contributed by atoms with Crippen molar-refractivity contribution in [2.45, 2.75) is 6.42 Å². The summed E-state index contributed by atoms with van der Waals surface area (Å²) < 4.78 is 5.50. The van der Waals surface area contributed by atoms with Crippen LogP contribution in [0.15, 0.2) is 59.4 Å².